The van der Waals surface area contributed by atoms with Gasteiger partial charge in [0, 0.05) is 37.0 Å². The van der Waals surface area contributed by atoms with Gasteiger partial charge in [0.25, 0.3) is 0 Å². The second kappa shape index (κ2) is 11.0. The van der Waals surface area contributed by atoms with Gasteiger partial charge >= 0.3 is 0 Å². The van der Waals surface area contributed by atoms with Crippen LogP contribution in [0, 0.1) is 11.6 Å². The maximum absolute atomic E-state index is 14.6. The predicted molar refractivity (Wildman–Crippen MR) is 103 cm³/mol. The minimum Gasteiger partial charge on any atom is -0.599 e. The molecule has 29 heavy (non-hydrogen) atoms. The number of benzene rings is 1. The highest BCUT2D eigenvalue weighted by Crippen LogP contribution is 2.30. The van der Waals surface area contributed by atoms with E-state index in [9.17, 15) is 13.9 Å². The van der Waals surface area contributed by atoms with Gasteiger partial charge in [0.15, 0.2) is 17.3 Å². The van der Waals surface area contributed by atoms with Crippen LogP contribution in [0.5, 0.6) is 0 Å². The second-order valence-corrected chi connectivity index (χ2v) is 6.29. The van der Waals surface area contributed by atoms with Crippen LogP contribution in [0.4, 0.5) is 20.2 Å². The fraction of sp³-hybridized carbons (Fsp3) is 0.471. The lowest BCUT2D eigenvalue weighted by atomic mass is 10.2. The number of aliphatic hydroxyl groups excluding tert-OH is 2. The third-order valence-electron chi connectivity index (χ3n) is 4.31. The largest absolute Gasteiger partial charge is 0.599 e. The monoisotopic (exact) mass is 418 g/mol. The Balaban J connectivity index is 2.11. The molecule has 3 unspecified atom stereocenters. The third-order valence-corrected chi connectivity index (χ3v) is 4.31. The van der Waals surface area contributed by atoms with Crippen molar-refractivity contribution in [1.29, 1.82) is 0 Å². The molecule has 0 radical (unpaired) electrons. The van der Waals surface area contributed by atoms with E-state index in [-0.39, 0.29) is 44.3 Å². The Bertz CT molecular complexity index is 713. The summed E-state index contributed by atoms with van der Waals surface area (Å²) in [6.45, 7) is 0.582. The zero-order valence-corrected chi connectivity index (χ0v) is 15.8. The summed E-state index contributed by atoms with van der Waals surface area (Å²) in [5.74, 6) is -1.72. The minimum absolute atomic E-state index is 0.111. The van der Waals surface area contributed by atoms with Crippen molar-refractivity contribution in [3.05, 3.63) is 36.1 Å². The lowest BCUT2D eigenvalue weighted by Gasteiger charge is -2.21. The average molecular weight is 418 g/mol. The van der Waals surface area contributed by atoms with Crippen molar-refractivity contribution in [2.24, 2.45) is 11.5 Å². The molecule has 1 aliphatic heterocycles. The van der Waals surface area contributed by atoms with Gasteiger partial charge in [0.2, 0.25) is 19.0 Å². The Morgan fingerprint density at radius 2 is 2.10 bits per heavy atom. The summed E-state index contributed by atoms with van der Waals surface area (Å²) >= 11 is 0. The summed E-state index contributed by atoms with van der Waals surface area (Å²) in [4.78, 5) is 1.32. The van der Waals surface area contributed by atoms with E-state index in [2.05, 4.69) is 10.6 Å². The molecule has 1 fully saturated rings. The molecule has 10 nitrogen and oxygen atoms in total. The van der Waals surface area contributed by atoms with Crippen molar-refractivity contribution < 1.29 is 33.4 Å². The van der Waals surface area contributed by atoms with Crippen LogP contribution in [0.1, 0.15) is 0 Å². The Morgan fingerprint density at radius 1 is 1.41 bits per heavy atom. The van der Waals surface area contributed by atoms with Crippen LogP contribution in [0.3, 0.4) is 0 Å². The molecule has 0 aliphatic carbocycles. The first kappa shape index (κ1) is 22.9. The summed E-state index contributed by atoms with van der Waals surface area (Å²) < 4.78 is 35.8. The third kappa shape index (κ3) is 6.06. The molecule has 0 amide bonds. The SMILES string of the molecule is NC=[N+](CCNCO)c1c(F)cc(N2CC(CNC(N)/C=C\[OH2+])OC2O)cc1F. The van der Waals surface area contributed by atoms with Gasteiger partial charge in [-0.05, 0) is 0 Å². The maximum Gasteiger partial charge on any atom is 0.238 e. The quantitative estimate of drug-likeness (QED) is 0.0473. The normalized spacial score (nSPS) is 21.3. The van der Waals surface area contributed by atoms with Crippen LogP contribution in [0.25, 0.3) is 0 Å². The highest BCUT2D eigenvalue weighted by Gasteiger charge is 2.33. The van der Waals surface area contributed by atoms with Gasteiger partial charge in [-0.1, -0.05) is 0 Å². The van der Waals surface area contributed by atoms with E-state index in [0.717, 1.165) is 24.7 Å². The Hall–Kier alpha value is -2.35. The number of hydrogen-bond acceptors (Lipinski definition) is 7. The summed E-state index contributed by atoms with van der Waals surface area (Å²) in [7, 11) is 0. The van der Waals surface area contributed by atoms with Crippen molar-refractivity contribution in [2.45, 2.75) is 18.7 Å². The number of rotatable bonds is 10. The molecule has 0 aromatic heterocycles. The first-order valence-electron chi connectivity index (χ1n) is 8.96. The minimum atomic E-state index is -1.37. The Kier molecular flexibility index (Phi) is 8.70. The van der Waals surface area contributed by atoms with Gasteiger partial charge in [0.05, 0.1) is 25.5 Å². The van der Waals surface area contributed by atoms with Gasteiger partial charge in [-0.15, -0.1) is 0 Å². The molecular formula is C17H28F2N6O4+2. The van der Waals surface area contributed by atoms with Crippen LogP contribution >= 0.6 is 0 Å². The average Bonchev–Trinajstić information content (AvgIpc) is 3.05. The number of anilines is 1. The molecule has 10 N–H and O–H groups in total. The molecule has 2 rings (SSSR count). The number of ether oxygens (including phenoxy) is 1. The molecule has 3 atom stereocenters. The highest BCUT2D eigenvalue weighted by atomic mass is 19.1. The topological polar surface area (TPSA) is 155 Å². The number of hydrogen-bond donors (Lipinski definition) is 6. The van der Waals surface area contributed by atoms with Gasteiger partial charge in [-0.25, -0.2) is 13.4 Å². The predicted octanol–water partition coefficient (Wildman–Crippen LogP) is -2.27. The fourth-order valence-corrected chi connectivity index (χ4v) is 2.91. The molecule has 1 aromatic carbocycles. The second-order valence-electron chi connectivity index (χ2n) is 6.29. The molecule has 0 spiro atoms. The summed E-state index contributed by atoms with van der Waals surface area (Å²) in [5, 5.41) is 31.4. The lowest BCUT2D eigenvalue weighted by molar-refractivity contribution is -0.439. The Labute approximate surface area is 166 Å². The molecular weight excluding hydrogens is 390 g/mol. The summed E-state index contributed by atoms with van der Waals surface area (Å²) in [5.41, 5.74) is 11.0. The first-order valence-corrected chi connectivity index (χ1v) is 8.96. The zero-order chi connectivity index (χ0) is 21.4. The van der Waals surface area contributed by atoms with Gasteiger partial charge in [-0.2, -0.15) is 0 Å². The lowest BCUT2D eigenvalue weighted by Crippen LogP contribution is -2.41. The molecule has 1 aliphatic rings. The number of aliphatic hydroxyl groups is 2. The van der Waals surface area contributed by atoms with Crippen molar-refractivity contribution in [1.82, 2.24) is 10.6 Å². The van der Waals surface area contributed by atoms with E-state index < -0.39 is 30.3 Å². The van der Waals surface area contributed by atoms with Crippen LogP contribution in [0.2, 0.25) is 0 Å². The van der Waals surface area contributed by atoms with E-state index in [1.165, 1.54) is 15.6 Å². The molecule has 0 bridgehead atoms. The van der Waals surface area contributed by atoms with Crippen molar-refractivity contribution in [2.75, 3.05) is 37.8 Å². The van der Waals surface area contributed by atoms with Crippen molar-refractivity contribution in [3.8, 4) is 0 Å². The van der Waals surface area contributed by atoms with Crippen LogP contribution in [0.15, 0.2) is 24.5 Å². The molecule has 0 saturated carbocycles. The van der Waals surface area contributed by atoms with E-state index in [0.29, 0.717) is 0 Å². The van der Waals surface area contributed by atoms with Gasteiger partial charge in [0.1, 0.15) is 6.54 Å². The maximum atomic E-state index is 14.6. The molecule has 1 saturated heterocycles. The number of halogens is 2. The molecule has 1 aromatic rings. The smallest absolute Gasteiger partial charge is 0.238 e. The van der Waals surface area contributed by atoms with Crippen LogP contribution < -0.4 is 27.0 Å². The first-order chi connectivity index (χ1) is 13.9. The van der Waals surface area contributed by atoms with E-state index in [4.69, 9.17) is 26.4 Å². The fourth-order valence-electron chi connectivity index (χ4n) is 2.91. The van der Waals surface area contributed by atoms with Crippen molar-refractivity contribution in [3.63, 3.8) is 0 Å². The molecule has 12 heteroatoms. The van der Waals surface area contributed by atoms with Crippen molar-refractivity contribution >= 4 is 17.7 Å². The van der Waals surface area contributed by atoms with Gasteiger partial charge < -0.3 is 30.7 Å². The number of nitrogens with two attached hydrogens (primary N) is 2. The summed E-state index contributed by atoms with van der Waals surface area (Å²) in [6.07, 6.45) is 1.14. The number of nitrogens with one attached hydrogen (secondary N) is 2. The van der Waals surface area contributed by atoms with Gasteiger partial charge in [-0.3, -0.25) is 16.4 Å². The zero-order valence-electron chi connectivity index (χ0n) is 15.8. The van der Waals surface area contributed by atoms with E-state index in [1.54, 1.807) is 0 Å². The molecule has 1 heterocycles. The summed E-state index contributed by atoms with van der Waals surface area (Å²) in [6, 6.07) is 2.18. The van der Waals surface area contributed by atoms with E-state index >= 15 is 0 Å². The molecule has 162 valence electrons. The van der Waals surface area contributed by atoms with Crippen LogP contribution in [-0.2, 0) is 4.74 Å². The number of nitrogens with zero attached hydrogens (tertiary/aromatic N) is 2. The van der Waals surface area contributed by atoms with E-state index in [1.807, 2.05) is 0 Å². The Morgan fingerprint density at radius 3 is 2.69 bits per heavy atom. The standard InChI is InChI=1S/C17H26F2N6O4/c18-13-5-11(6-14(19)16(13)24(9-20)3-2-22-10-27)25-8-12(29-17(25)28)7-23-15(21)1-4-26/h1,4-6,9,12,15,17,20,22-23,26-28H,2-3,7-8,10,21H2/p+2/b4-1-. The van der Waals surface area contributed by atoms with Crippen LogP contribution in [-0.4, -0.2) is 77.8 Å². The highest BCUT2D eigenvalue weighted by molar-refractivity contribution is 5.56.